The van der Waals surface area contributed by atoms with Crippen molar-refractivity contribution in [3.63, 3.8) is 0 Å². The maximum absolute atomic E-state index is 6.38. The molecule has 0 aliphatic heterocycles. The molecule has 0 fully saturated rings. The first-order valence-electron chi connectivity index (χ1n) is 40.6. The summed E-state index contributed by atoms with van der Waals surface area (Å²) in [6.07, 6.45) is 12.4. The van der Waals surface area contributed by atoms with Gasteiger partial charge in [0.2, 0.25) is 5.95 Å². The Morgan fingerprint density at radius 1 is 0.294 bits per heavy atom. The molecule has 15 heteroatoms. The number of pyridine rings is 6. The summed E-state index contributed by atoms with van der Waals surface area (Å²) in [6.45, 7) is 0. The maximum Gasteiger partial charge on any atom is 2.00 e. The predicted molar refractivity (Wildman–Crippen MR) is 483 cm³/mol. The summed E-state index contributed by atoms with van der Waals surface area (Å²) in [7, 11) is 0. The molecule has 21 aromatic rings. The van der Waals surface area contributed by atoms with Gasteiger partial charge in [0.15, 0.2) is 0 Å². The van der Waals surface area contributed by atoms with E-state index in [4.69, 9.17) is 48.5 Å². The van der Waals surface area contributed by atoms with Gasteiger partial charge in [-0.3, -0.25) is 19.9 Å². The summed E-state index contributed by atoms with van der Waals surface area (Å²) in [5, 5.41) is 6.01. The third-order valence-corrected chi connectivity index (χ3v) is 24.1. The van der Waals surface area contributed by atoms with Crippen LogP contribution in [0.2, 0.25) is 0 Å². The number of furan rings is 1. The van der Waals surface area contributed by atoms with Crippen LogP contribution in [0, 0.1) is 36.5 Å². The fraction of sp³-hybridized carbons (Fsp3) is 0.0270. The van der Waals surface area contributed by atoms with E-state index in [0.717, 1.165) is 94.8 Å². The standard InChI is InChI=1S/C37H23N3O.C37H22N2O2.C37H22N2OS.3Pt/c1-6-17-34-26(10-1)19-20-36(39-34)40-23-21-29(25-40)41-28-12-9-11-27(24-28)37(35-18-7-8-22-38-35)32-15-4-2-13-30(32)31-14-3-5-16-33(31)37;1-6-17-33-25(10-1)19-20-34(39-33)26-22-36(40-24-26)41-28-12-9-11-27(23-28)37(35-18-7-8-21-38-35)31-15-4-2-13-29(31)30-14-3-5-16-32(30)37;1-6-17-33-25(10-1)19-20-34(39-33)26-22-36(41-24-26)40-28-12-9-11-27(23-28)37(35-18-7-8-21-38-35)31-15-4-2-13-29(31)30-14-3-5-16-32(30)37;;;/h1-23H;2*1-21,24H;;;/q3*-2;3*+2. The van der Waals surface area contributed by atoms with Crippen molar-refractivity contribution in [1.82, 2.24) is 34.5 Å². The monoisotopic (exact) mass is 2180 g/mol. The molecular formula is C111H67N7O4Pt3S. The summed E-state index contributed by atoms with van der Waals surface area (Å²) in [5.74, 6) is 3.40. The molecular weight excluding hydrogens is 2110 g/mol. The molecule has 9 aromatic heterocycles. The molecule has 24 rings (SSSR count). The molecule has 0 amide bonds. The number of aromatic nitrogens is 7. The fourth-order valence-corrected chi connectivity index (χ4v) is 18.8. The van der Waals surface area contributed by atoms with Crippen molar-refractivity contribution in [3.05, 3.63) is 510 Å². The third-order valence-electron chi connectivity index (χ3n) is 23.4. The number of hydrogen-bond donors (Lipinski definition) is 0. The van der Waals surface area contributed by atoms with Crippen LogP contribution in [0.1, 0.15) is 67.2 Å². The van der Waals surface area contributed by atoms with Crippen molar-refractivity contribution in [2.45, 2.75) is 16.2 Å². The van der Waals surface area contributed by atoms with E-state index in [2.05, 4.69) is 249 Å². The predicted octanol–water partition coefficient (Wildman–Crippen LogP) is 25.9. The van der Waals surface area contributed by atoms with Crippen LogP contribution in [-0.4, -0.2) is 34.5 Å². The van der Waals surface area contributed by atoms with Gasteiger partial charge in [0.05, 0.1) is 61.4 Å². The van der Waals surface area contributed by atoms with Crippen LogP contribution in [0.15, 0.2) is 411 Å². The van der Waals surface area contributed by atoms with Crippen LogP contribution < -0.4 is 14.2 Å². The quantitative estimate of drug-likeness (QED) is 0.0917. The molecule has 126 heavy (non-hydrogen) atoms. The minimum atomic E-state index is -0.652. The van der Waals surface area contributed by atoms with Gasteiger partial charge in [0, 0.05) is 35.8 Å². The molecule has 0 atom stereocenters. The third kappa shape index (κ3) is 14.4. The summed E-state index contributed by atoms with van der Waals surface area (Å²) in [6, 6.07) is 144. The minimum absolute atomic E-state index is 0. The zero-order chi connectivity index (χ0) is 81.7. The van der Waals surface area contributed by atoms with Gasteiger partial charge < -0.3 is 33.2 Å². The van der Waals surface area contributed by atoms with Gasteiger partial charge in [-0.1, -0.05) is 261 Å². The Bertz CT molecular complexity index is 6730. The molecule has 9 heterocycles. The summed E-state index contributed by atoms with van der Waals surface area (Å²) < 4.78 is 26.6. The first-order chi connectivity index (χ1) is 60.9. The number of benzene rings is 12. The number of para-hydroxylation sites is 3. The second-order valence-corrected chi connectivity index (χ2v) is 31.0. The number of fused-ring (bicyclic) bond motifs is 12. The van der Waals surface area contributed by atoms with Gasteiger partial charge in [0.1, 0.15) is 5.06 Å². The van der Waals surface area contributed by atoms with Gasteiger partial charge >= 0.3 is 63.2 Å². The van der Waals surface area contributed by atoms with Gasteiger partial charge in [-0.2, -0.15) is 53.3 Å². The Labute approximate surface area is 775 Å². The molecule has 3 aliphatic rings. The molecule has 606 valence electrons. The Morgan fingerprint density at radius 3 is 1.08 bits per heavy atom. The molecule has 0 radical (unpaired) electrons. The van der Waals surface area contributed by atoms with Crippen LogP contribution in [0.25, 0.3) is 94.4 Å². The number of thiophene rings is 1. The molecule has 0 saturated carbocycles. The number of hydrogen-bond acceptors (Lipinski definition) is 11. The zero-order valence-electron chi connectivity index (χ0n) is 66.8. The van der Waals surface area contributed by atoms with Crippen molar-refractivity contribution in [2.75, 3.05) is 0 Å². The summed E-state index contributed by atoms with van der Waals surface area (Å²) in [4.78, 5) is 29.1. The van der Waals surface area contributed by atoms with Gasteiger partial charge in [0.25, 0.3) is 0 Å². The van der Waals surface area contributed by atoms with E-state index in [-0.39, 0.29) is 69.1 Å². The van der Waals surface area contributed by atoms with Crippen LogP contribution >= 0.6 is 11.3 Å². The molecule has 3 aliphatic carbocycles. The molecule has 0 saturated heterocycles. The number of rotatable bonds is 15. The molecule has 0 unspecified atom stereocenters. The smallest absolute Gasteiger partial charge is 0.507 e. The summed E-state index contributed by atoms with van der Waals surface area (Å²) >= 11 is 1.51. The Morgan fingerprint density at radius 2 is 0.659 bits per heavy atom. The van der Waals surface area contributed by atoms with Crippen LogP contribution in [0.3, 0.4) is 0 Å². The second kappa shape index (κ2) is 35.0. The average molecular weight is 2180 g/mol. The van der Waals surface area contributed by atoms with Gasteiger partial charge in [-0.15, -0.1) is 82.4 Å². The van der Waals surface area contributed by atoms with Crippen LogP contribution in [0.5, 0.6) is 34.0 Å². The average Bonchev–Trinajstić information content (AvgIpc) is 1.55. The van der Waals surface area contributed by atoms with Crippen LogP contribution in [-0.2, 0) is 79.4 Å². The largest absolute Gasteiger partial charge is 2.00 e. The fourth-order valence-electron chi connectivity index (χ4n) is 18.1. The van der Waals surface area contributed by atoms with Gasteiger partial charge in [-0.25, -0.2) is 0 Å². The van der Waals surface area contributed by atoms with E-state index in [9.17, 15) is 0 Å². The SMILES string of the molecule is [Pt+2].[Pt+2].[Pt+2].[c-]1c(Oc2[c-]c(-c3ccc4ccccc4n3)co2)cccc1C1(c2ccccn2)c2ccccc2-c2ccccc21.[c-]1c(Oc2[c-]c(-c3ccc4ccccc4n3)cs2)cccc1C1(c2ccccn2)c2ccccc2-c2ccccc21.[c-]1c(Oc2[c-]n(-c3ccc4ccccc4n3)cc2)cccc1C1(c2ccccn2)c2ccccc2-c2ccccc21. The first kappa shape index (κ1) is 81.7. The van der Waals surface area contributed by atoms with E-state index in [1.54, 1.807) is 6.26 Å². The van der Waals surface area contributed by atoms with Gasteiger partial charge in [-0.05, 0) is 161 Å². The summed E-state index contributed by atoms with van der Waals surface area (Å²) in [5.41, 5.74) is 24.3. The first-order valence-corrected chi connectivity index (χ1v) is 41.5. The Kier molecular flexibility index (Phi) is 22.7. The van der Waals surface area contributed by atoms with Crippen LogP contribution in [0.4, 0.5) is 0 Å². The number of nitrogens with zero attached hydrogens (tertiary/aromatic N) is 7. The van der Waals surface area contributed by atoms with E-state index >= 15 is 0 Å². The Hall–Kier alpha value is -14.0. The second-order valence-electron chi connectivity index (χ2n) is 30.2. The zero-order valence-corrected chi connectivity index (χ0v) is 74.4. The molecule has 12 aromatic carbocycles. The van der Waals surface area contributed by atoms with Crippen molar-refractivity contribution < 1.29 is 81.8 Å². The molecule has 0 bridgehead atoms. The van der Waals surface area contributed by atoms with Crippen molar-refractivity contribution in [1.29, 1.82) is 0 Å². The molecule has 11 nitrogen and oxygen atoms in total. The normalized spacial score (nSPS) is 12.8. The topological polar surface area (TPSA) is 123 Å². The number of ether oxygens (including phenoxy) is 3. The van der Waals surface area contributed by atoms with E-state index in [0.29, 0.717) is 28.1 Å². The maximum atomic E-state index is 6.38. The Balaban J connectivity index is 0.000000122. The van der Waals surface area contributed by atoms with Crippen molar-refractivity contribution in [2.24, 2.45) is 0 Å². The van der Waals surface area contributed by atoms with Crippen molar-refractivity contribution >= 4 is 44.0 Å². The van der Waals surface area contributed by atoms with E-state index < -0.39 is 16.2 Å². The van der Waals surface area contributed by atoms with E-state index in [1.165, 1.54) is 78.1 Å². The molecule has 0 N–H and O–H groups in total. The van der Waals surface area contributed by atoms with E-state index in [1.807, 2.05) is 192 Å². The molecule has 0 spiro atoms. The minimum Gasteiger partial charge on any atom is -0.507 e. The van der Waals surface area contributed by atoms with Crippen molar-refractivity contribution in [3.8, 4) is 95.7 Å².